The molecule has 1 aliphatic rings. The topological polar surface area (TPSA) is 44.4 Å². The van der Waals surface area contributed by atoms with Crippen molar-refractivity contribution in [1.82, 2.24) is 10.2 Å². The number of carbonyl (C=O) groups excluding carboxylic acids is 1. The highest BCUT2D eigenvalue weighted by Crippen LogP contribution is 2.19. The molecule has 0 radical (unpaired) electrons. The maximum atomic E-state index is 11.7. The van der Waals surface area contributed by atoms with E-state index in [9.17, 15) is 4.79 Å². The van der Waals surface area contributed by atoms with Crippen molar-refractivity contribution in [2.45, 2.75) is 25.8 Å². The van der Waals surface area contributed by atoms with Gasteiger partial charge in [-0.15, -0.1) is 6.58 Å². The van der Waals surface area contributed by atoms with E-state index in [1.54, 1.807) is 6.08 Å². The Labute approximate surface area is 127 Å². The molecule has 2 rings (SSSR count). The van der Waals surface area contributed by atoms with Gasteiger partial charge >= 0.3 is 0 Å². The summed E-state index contributed by atoms with van der Waals surface area (Å²) in [6.45, 7) is 8.69. The molecule has 1 aromatic carbocycles. The van der Waals surface area contributed by atoms with Crippen LogP contribution in [0.5, 0.6) is 0 Å². The minimum absolute atomic E-state index is 0.0835. The van der Waals surface area contributed by atoms with Gasteiger partial charge < -0.3 is 10.6 Å². The van der Waals surface area contributed by atoms with Gasteiger partial charge in [0.05, 0.1) is 6.54 Å². The smallest absolute Gasteiger partial charge is 0.234 e. The molecule has 4 nitrogen and oxygen atoms in total. The van der Waals surface area contributed by atoms with Gasteiger partial charge in [0.15, 0.2) is 0 Å². The third kappa shape index (κ3) is 4.90. The van der Waals surface area contributed by atoms with Crippen LogP contribution in [0.4, 0.5) is 5.69 Å². The molecule has 0 aliphatic carbocycles. The fourth-order valence-corrected chi connectivity index (χ4v) is 2.64. The van der Waals surface area contributed by atoms with E-state index < -0.39 is 0 Å². The third-order valence-corrected chi connectivity index (χ3v) is 3.90. The first kappa shape index (κ1) is 15.6. The number of nitrogens with zero attached hydrogens (tertiary/aromatic N) is 1. The first-order valence-electron chi connectivity index (χ1n) is 7.61. The van der Waals surface area contributed by atoms with Crippen LogP contribution in [0, 0.1) is 6.92 Å². The quantitative estimate of drug-likeness (QED) is 0.788. The van der Waals surface area contributed by atoms with Crippen molar-refractivity contribution in [3.8, 4) is 0 Å². The van der Waals surface area contributed by atoms with Crippen LogP contribution >= 0.6 is 0 Å². The summed E-state index contributed by atoms with van der Waals surface area (Å²) in [6, 6.07) is 8.88. The first-order valence-corrected chi connectivity index (χ1v) is 7.61. The molecule has 0 unspecified atom stereocenters. The van der Waals surface area contributed by atoms with Crippen molar-refractivity contribution in [3.63, 3.8) is 0 Å². The number of carbonyl (C=O) groups is 1. The van der Waals surface area contributed by atoms with Gasteiger partial charge in [0, 0.05) is 31.4 Å². The number of benzene rings is 1. The fraction of sp³-hybridized carbons (Fsp3) is 0.471. The second kappa shape index (κ2) is 7.84. The summed E-state index contributed by atoms with van der Waals surface area (Å²) in [5.41, 5.74) is 2.50. The Morgan fingerprint density at radius 3 is 2.76 bits per heavy atom. The number of amides is 1. The molecule has 21 heavy (non-hydrogen) atoms. The minimum atomic E-state index is 0.0835. The number of aryl methyl sites for hydroxylation is 1. The number of hydrogen-bond acceptors (Lipinski definition) is 3. The van der Waals surface area contributed by atoms with Crippen LogP contribution in [0.2, 0.25) is 0 Å². The highest BCUT2D eigenvalue weighted by Gasteiger charge is 2.20. The molecular weight excluding hydrogens is 262 g/mol. The molecule has 1 fully saturated rings. The Morgan fingerprint density at radius 2 is 2.10 bits per heavy atom. The molecule has 4 heteroatoms. The average Bonchev–Trinajstić information content (AvgIpc) is 2.49. The van der Waals surface area contributed by atoms with Gasteiger partial charge in [0.1, 0.15) is 0 Å². The number of anilines is 1. The largest absolute Gasteiger partial charge is 0.382 e. The maximum absolute atomic E-state index is 11.7. The van der Waals surface area contributed by atoms with E-state index in [4.69, 9.17) is 0 Å². The van der Waals surface area contributed by atoms with Crippen molar-refractivity contribution in [2.24, 2.45) is 0 Å². The predicted octanol–water partition coefficient (Wildman–Crippen LogP) is 2.17. The van der Waals surface area contributed by atoms with E-state index in [1.807, 2.05) is 0 Å². The lowest BCUT2D eigenvalue weighted by atomic mass is 10.0. The Bertz CT molecular complexity index is 479. The first-order chi connectivity index (χ1) is 10.2. The second-order valence-electron chi connectivity index (χ2n) is 5.60. The Balaban J connectivity index is 1.74. The van der Waals surface area contributed by atoms with Gasteiger partial charge in [-0.1, -0.05) is 24.3 Å². The van der Waals surface area contributed by atoms with Crippen LogP contribution in [-0.2, 0) is 4.79 Å². The lowest BCUT2D eigenvalue weighted by Crippen LogP contribution is -2.44. The van der Waals surface area contributed by atoms with E-state index in [0.29, 0.717) is 19.1 Å². The van der Waals surface area contributed by atoms with E-state index in [1.165, 1.54) is 11.3 Å². The van der Waals surface area contributed by atoms with Gasteiger partial charge in [-0.3, -0.25) is 9.69 Å². The summed E-state index contributed by atoms with van der Waals surface area (Å²) in [5.74, 6) is 0.0835. The number of likely N-dealkylation sites (tertiary alicyclic amines) is 1. The minimum Gasteiger partial charge on any atom is -0.382 e. The number of para-hydroxylation sites is 1. The molecule has 1 amide bonds. The van der Waals surface area contributed by atoms with Gasteiger partial charge in [-0.25, -0.2) is 0 Å². The molecule has 1 aromatic rings. The average molecular weight is 287 g/mol. The molecule has 0 spiro atoms. The molecule has 1 aliphatic heterocycles. The molecular formula is C17H25N3O. The van der Waals surface area contributed by atoms with E-state index in [2.05, 4.69) is 53.3 Å². The number of piperidine rings is 1. The van der Waals surface area contributed by atoms with Gasteiger partial charge in [0.2, 0.25) is 5.91 Å². The van der Waals surface area contributed by atoms with Gasteiger partial charge in [-0.05, 0) is 31.4 Å². The summed E-state index contributed by atoms with van der Waals surface area (Å²) in [7, 11) is 0. The van der Waals surface area contributed by atoms with Crippen LogP contribution in [0.1, 0.15) is 18.4 Å². The van der Waals surface area contributed by atoms with Crippen LogP contribution in [0.25, 0.3) is 0 Å². The number of rotatable bonds is 6. The molecule has 0 saturated carbocycles. The van der Waals surface area contributed by atoms with Crippen molar-refractivity contribution < 1.29 is 4.79 Å². The van der Waals surface area contributed by atoms with Crippen LogP contribution in [0.15, 0.2) is 36.9 Å². The summed E-state index contributed by atoms with van der Waals surface area (Å²) in [6.07, 6.45) is 3.85. The Kier molecular flexibility index (Phi) is 5.81. The van der Waals surface area contributed by atoms with Crippen LogP contribution in [-0.4, -0.2) is 43.0 Å². The zero-order chi connectivity index (χ0) is 15.1. The predicted molar refractivity (Wildman–Crippen MR) is 87.5 cm³/mol. The fourth-order valence-electron chi connectivity index (χ4n) is 2.64. The van der Waals surface area contributed by atoms with E-state index in [-0.39, 0.29) is 5.91 Å². The molecule has 0 aromatic heterocycles. The zero-order valence-electron chi connectivity index (χ0n) is 12.8. The molecule has 1 heterocycles. The lowest BCUT2D eigenvalue weighted by molar-refractivity contribution is -0.122. The highest BCUT2D eigenvalue weighted by molar-refractivity contribution is 5.78. The Morgan fingerprint density at radius 1 is 1.38 bits per heavy atom. The standard InChI is InChI=1S/C17H25N3O/c1-3-10-18-17(21)13-20-11-8-15(9-12-20)19-16-7-5-4-6-14(16)2/h3-7,15,19H,1,8-13H2,2H3,(H,18,21). The molecule has 1 saturated heterocycles. The van der Waals surface area contributed by atoms with Crippen molar-refractivity contribution in [3.05, 3.63) is 42.5 Å². The Hall–Kier alpha value is -1.81. The normalized spacial score (nSPS) is 16.4. The van der Waals surface area contributed by atoms with Crippen molar-refractivity contribution >= 4 is 11.6 Å². The van der Waals surface area contributed by atoms with Crippen LogP contribution in [0.3, 0.4) is 0 Å². The van der Waals surface area contributed by atoms with E-state index >= 15 is 0 Å². The van der Waals surface area contributed by atoms with Crippen molar-refractivity contribution in [2.75, 3.05) is 31.5 Å². The second-order valence-corrected chi connectivity index (χ2v) is 5.60. The summed E-state index contributed by atoms with van der Waals surface area (Å²) >= 11 is 0. The lowest BCUT2D eigenvalue weighted by Gasteiger charge is -2.32. The maximum Gasteiger partial charge on any atom is 0.234 e. The summed E-state index contributed by atoms with van der Waals surface area (Å²) < 4.78 is 0. The summed E-state index contributed by atoms with van der Waals surface area (Å²) in [4.78, 5) is 13.9. The van der Waals surface area contributed by atoms with Gasteiger partial charge in [0.25, 0.3) is 0 Å². The molecule has 0 bridgehead atoms. The summed E-state index contributed by atoms with van der Waals surface area (Å²) in [5, 5.41) is 6.44. The number of hydrogen-bond donors (Lipinski definition) is 2. The molecule has 0 atom stereocenters. The van der Waals surface area contributed by atoms with Crippen molar-refractivity contribution in [1.29, 1.82) is 0 Å². The monoisotopic (exact) mass is 287 g/mol. The highest BCUT2D eigenvalue weighted by atomic mass is 16.2. The molecule has 114 valence electrons. The number of nitrogens with one attached hydrogen (secondary N) is 2. The van der Waals surface area contributed by atoms with Gasteiger partial charge in [-0.2, -0.15) is 0 Å². The zero-order valence-corrected chi connectivity index (χ0v) is 12.8. The van der Waals surface area contributed by atoms with Crippen LogP contribution < -0.4 is 10.6 Å². The molecule has 2 N–H and O–H groups in total. The third-order valence-electron chi connectivity index (χ3n) is 3.90. The SMILES string of the molecule is C=CCNC(=O)CN1CCC(Nc2ccccc2C)CC1. The van der Waals surface area contributed by atoms with E-state index in [0.717, 1.165) is 25.9 Å².